The topological polar surface area (TPSA) is 51.6 Å². The fourth-order valence-corrected chi connectivity index (χ4v) is 8.68. The largest absolute Gasteiger partial charge is 0.233 e. The summed E-state index contributed by atoms with van der Waals surface area (Å²) in [5, 5.41) is 7.20. The van der Waals surface area contributed by atoms with Crippen LogP contribution < -0.4 is 0 Å². The van der Waals surface area contributed by atoms with E-state index in [2.05, 4.69) is 130 Å². The molecule has 0 saturated heterocycles. The number of aromatic nitrogens is 4. The smallest absolute Gasteiger partial charge is 0.160 e. The summed E-state index contributed by atoms with van der Waals surface area (Å²) in [4.78, 5) is 20.1. The average Bonchev–Trinajstić information content (AvgIpc) is 3.02. The molecule has 4 nitrogen and oxygen atoms in total. The Morgan fingerprint density at radius 3 is 0.900 bits per heavy atom. The van der Waals surface area contributed by atoms with Crippen molar-refractivity contribution in [2.24, 2.45) is 0 Å². The summed E-state index contributed by atoms with van der Waals surface area (Å²) < 4.78 is 0. The van der Waals surface area contributed by atoms with Gasteiger partial charge in [-0.2, -0.15) is 0 Å². The van der Waals surface area contributed by atoms with Gasteiger partial charge in [0.05, 0.1) is 0 Å². The van der Waals surface area contributed by atoms with Crippen molar-refractivity contribution in [1.29, 1.82) is 0 Å². The highest BCUT2D eigenvalue weighted by atomic mass is 14.9. The second-order valence-corrected chi connectivity index (χ2v) is 14.5. The van der Waals surface area contributed by atoms with Gasteiger partial charge in [0.1, 0.15) is 0 Å². The van der Waals surface area contributed by atoms with Gasteiger partial charge < -0.3 is 0 Å². The van der Waals surface area contributed by atoms with E-state index >= 15 is 0 Å². The van der Waals surface area contributed by atoms with Crippen molar-refractivity contribution >= 4 is 32.3 Å². The van der Waals surface area contributed by atoms with E-state index in [1.807, 2.05) is 12.1 Å². The molecule has 0 atom stereocenters. The van der Waals surface area contributed by atoms with E-state index in [1.54, 1.807) is 0 Å². The molecule has 246 valence electrons. The summed E-state index contributed by atoms with van der Waals surface area (Å²) in [6.07, 6.45) is 0. The Kier molecular flexibility index (Phi) is 7.34. The Hall–Kier alpha value is -5.48. The van der Waals surface area contributed by atoms with Crippen LogP contribution >= 0.6 is 0 Å². The Labute approximate surface area is 294 Å². The summed E-state index contributed by atoms with van der Waals surface area (Å²) in [6, 6.07) is 27.2. The minimum atomic E-state index is 0.757. The van der Waals surface area contributed by atoms with Crippen molar-refractivity contribution in [2.45, 2.75) is 69.2 Å². The molecule has 0 saturated carbocycles. The summed E-state index contributed by atoms with van der Waals surface area (Å²) in [6.45, 7) is 21.5. The standard InChI is InChI=1S/C46H42N4/c1-23-15-25(3)41(26(4)16-23)37-21-39(45-47-29(7)19-30(8)48-45)35-14-12-34-38(42-27(5)17-24(2)18-28(42)6)22-40(46-49-31(9)20-32(10)50-46)36-13-11-33(37)43(35)44(34)36/h11-22H,1-10H3. The van der Waals surface area contributed by atoms with E-state index in [9.17, 15) is 0 Å². The van der Waals surface area contributed by atoms with Crippen LogP contribution in [0.15, 0.2) is 72.8 Å². The van der Waals surface area contributed by atoms with Gasteiger partial charge in [-0.05, 0) is 170 Å². The minimum Gasteiger partial charge on any atom is -0.233 e. The van der Waals surface area contributed by atoms with E-state index < -0.39 is 0 Å². The van der Waals surface area contributed by atoms with Gasteiger partial charge in [0, 0.05) is 33.9 Å². The molecule has 0 N–H and O–H groups in total. The molecule has 0 spiro atoms. The molecule has 2 aromatic heterocycles. The normalized spacial score (nSPS) is 11.8. The minimum absolute atomic E-state index is 0.757. The molecule has 0 fully saturated rings. The molecule has 0 bridgehead atoms. The SMILES string of the molecule is Cc1cc(C)c(-c2cc(-c3nc(C)cc(C)n3)c3ccc4c(-c5c(C)cc(C)cc5C)cc(-c5nc(C)cc(C)n5)c5ccc2c3c54)c(C)c1. The summed E-state index contributed by atoms with van der Waals surface area (Å²) in [7, 11) is 0. The number of hydrogen-bond donors (Lipinski definition) is 0. The molecule has 0 unspecified atom stereocenters. The highest BCUT2D eigenvalue weighted by Crippen LogP contribution is 2.49. The van der Waals surface area contributed by atoms with Gasteiger partial charge in [-0.15, -0.1) is 0 Å². The van der Waals surface area contributed by atoms with Crippen LogP contribution in [0.5, 0.6) is 0 Å². The van der Waals surface area contributed by atoms with Gasteiger partial charge in [0.15, 0.2) is 11.6 Å². The number of nitrogens with zero attached hydrogens (tertiary/aromatic N) is 4. The second-order valence-electron chi connectivity index (χ2n) is 14.5. The molecule has 6 aromatic carbocycles. The van der Waals surface area contributed by atoms with Crippen molar-refractivity contribution in [1.82, 2.24) is 19.9 Å². The van der Waals surface area contributed by atoms with Crippen LogP contribution in [0.1, 0.15) is 56.2 Å². The van der Waals surface area contributed by atoms with Crippen LogP contribution in [-0.2, 0) is 0 Å². The summed E-state index contributed by atoms with van der Waals surface area (Å²) >= 11 is 0. The van der Waals surface area contributed by atoms with Crippen molar-refractivity contribution < 1.29 is 0 Å². The second kappa shape index (κ2) is 11.6. The number of hydrogen-bond acceptors (Lipinski definition) is 4. The van der Waals surface area contributed by atoms with E-state index in [4.69, 9.17) is 19.9 Å². The number of benzene rings is 6. The van der Waals surface area contributed by atoms with Crippen LogP contribution in [0, 0.1) is 69.2 Å². The molecule has 0 amide bonds. The third-order valence-corrected chi connectivity index (χ3v) is 10.2. The van der Waals surface area contributed by atoms with E-state index in [0.29, 0.717) is 0 Å². The van der Waals surface area contributed by atoms with Gasteiger partial charge in [-0.25, -0.2) is 19.9 Å². The maximum Gasteiger partial charge on any atom is 0.160 e. The first-order chi connectivity index (χ1) is 23.9. The van der Waals surface area contributed by atoms with Crippen molar-refractivity contribution in [3.63, 3.8) is 0 Å². The molecule has 0 radical (unpaired) electrons. The quantitative estimate of drug-likeness (QED) is 0.178. The highest BCUT2D eigenvalue weighted by Gasteiger charge is 2.24. The van der Waals surface area contributed by atoms with E-state index in [1.165, 1.54) is 77.2 Å². The molecule has 8 aromatic rings. The lowest BCUT2D eigenvalue weighted by atomic mass is 9.81. The van der Waals surface area contributed by atoms with Gasteiger partial charge in [0.2, 0.25) is 0 Å². The first-order valence-electron chi connectivity index (χ1n) is 17.5. The monoisotopic (exact) mass is 650 g/mol. The number of rotatable bonds is 4. The molecule has 50 heavy (non-hydrogen) atoms. The lowest BCUT2D eigenvalue weighted by molar-refractivity contribution is 1.06. The third-order valence-electron chi connectivity index (χ3n) is 10.2. The van der Waals surface area contributed by atoms with Gasteiger partial charge >= 0.3 is 0 Å². The van der Waals surface area contributed by atoms with Crippen LogP contribution in [0.3, 0.4) is 0 Å². The van der Waals surface area contributed by atoms with Crippen LogP contribution in [0.25, 0.3) is 77.3 Å². The van der Waals surface area contributed by atoms with Crippen LogP contribution in [0.2, 0.25) is 0 Å². The molecule has 2 heterocycles. The maximum absolute atomic E-state index is 5.03. The molecule has 4 heteroatoms. The lowest BCUT2D eigenvalue weighted by Crippen LogP contribution is -2.01. The highest BCUT2D eigenvalue weighted by molar-refractivity contribution is 6.31. The first-order valence-corrected chi connectivity index (χ1v) is 17.5. The van der Waals surface area contributed by atoms with E-state index in [0.717, 1.165) is 56.3 Å². The Balaban J connectivity index is 1.63. The predicted molar refractivity (Wildman–Crippen MR) is 210 cm³/mol. The van der Waals surface area contributed by atoms with Crippen molar-refractivity contribution in [3.05, 3.63) is 129 Å². The van der Waals surface area contributed by atoms with Crippen molar-refractivity contribution in [3.8, 4) is 45.0 Å². The molecule has 0 aliphatic rings. The van der Waals surface area contributed by atoms with Gasteiger partial charge in [-0.3, -0.25) is 0 Å². The summed E-state index contributed by atoms with van der Waals surface area (Å²) in [5.41, 5.74) is 18.5. The molecule has 0 aliphatic carbocycles. The zero-order chi connectivity index (χ0) is 35.2. The fourth-order valence-electron chi connectivity index (χ4n) is 8.68. The van der Waals surface area contributed by atoms with E-state index in [-0.39, 0.29) is 0 Å². The molecular weight excluding hydrogens is 609 g/mol. The Morgan fingerprint density at radius 2 is 0.600 bits per heavy atom. The van der Waals surface area contributed by atoms with Crippen molar-refractivity contribution in [2.75, 3.05) is 0 Å². The molecule has 8 rings (SSSR count). The maximum atomic E-state index is 5.03. The molecule has 0 aliphatic heterocycles. The predicted octanol–water partition coefficient (Wildman–Crippen LogP) is 11.9. The van der Waals surface area contributed by atoms with Crippen LogP contribution in [-0.4, -0.2) is 19.9 Å². The van der Waals surface area contributed by atoms with Gasteiger partial charge in [0.25, 0.3) is 0 Å². The van der Waals surface area contributed by atoms with Gasteiger partial charge in [-0.1, -0.05) is 59.7 Å². The Bertz CT molecular complexity index is 2430. The number of aryl methyl sites for hydroxylation is 10. The average molecular weight is 651 g/mol. The first kappa shape index (κ1) is 31.8. The Morgan fingerprint density at radius 1 is 0.320 bits per heavy atom. The zero-order valence-electron chi connectivity index (χ0n) is 30.7. The fraction of sp³-hybridized carbons (Fsp3) is 0.217. The molecular formula is C46H42N4. The lowest BCUT2D eigenvalue weighted by Gasteiger charge is -2.23. The summed E-state index contributed by atoms with van der Waals surface area (Å²) in [5.74, 6) is 1.51. The van der Waals surface area contributed by atoms with Crippen LogP contribution in [0.4, 0.5) is 0 Å². The third kappa shape index (κ3) is 5.05. The zero-order valence-corrected chi connectivity index (χ0v) is 30.7.